The Kier molecular flexibility index (Phi) is 7.09. The molecule has 4 nitrogen and oxygen atoms in total. The second kappa shape index (κ2) is 9.95. The Morgan fingerprint density at radius 2 is 1.64 bits per heavy atom. The van der Waals surface area contributed by atoms with Crippen LogP contribution in [-0.4, -0.2) is 28.8 Å². The van der Waals surface area contributed by atoms with Crippen LogP contribution in [-0.2, 0) is 16.0 Å². The zero-order valence-corrected chi connectivity index (χ0v) is 16.3. The summed E-state index contributed by atoms with van der Waals surface area (Å²) in [7, 11) is 0. The van der Waals surface area contributed by atoms with E-state index in [4.69, 9.17) is 0 Å². The van der Waals surface area contributed by atoms with E-state index in [2.05, 4.69) is 17.4 Å². The van der Waals surface area contributed by atoms with Gasteiger partial charge in [0.1, 0.15) is 5.25 Å². The SMILES string of the molecule is O=C(C[C@H](Sc1ccc2ccccc2c1)C(=O)O)NCCCc1ccccc1. The molecule has 0 aliphatic carbocycles. The highest BCUT2D eigenvalue weighted by molar-refractivity contribution is 8.00. The standard InChI is InChI=1S/C23H23NO3S/c25-22(24-14-6-9-17-7-2-1-3-8-17)16-21(23(26)27)28-20-13-12-18-10-4-5-11-19(18)15-20/h1-5,7-8,10-13,15,21H,6,9,14,16H2,(H,24,25)(H,26,27)/t21-/m0/s1. The van der Waals surface area contributed by atoms with Crippen LogP contribution in [0.3, 0.4) is 0 Å². The molecule has 144 valence electrons. The van der Waals surface area contributed by atoms with Crippen LogP contribution >= 0.6 is 11.8 Å². The fourth-order valence-electron chi connectivity index (χ4n) is 2.99. The number of carboxylic acid groups (broad SMARTS) is 1. The molecule has 0 saturated heterocycles. The van der Waals surface area contributed by atoms with E-state index in [1.165, 1.54) is 17.3 Å². The Balaban J connectivity index is 1.50. The van der Waals surface area contributed by atoms with E-state index in [1.54, 1.807) is 0 Å². The molecular formula is C23H23NO3S. The van der Waals surface area contributed by atoms with Crippen LogP contribution in [0.1, 0.15) is 18.4 Å². The summed E-state index contributed by atoms with van der Waals surface area (Å²) in [5, 5.41) is 13.7. The zero-order chi connectivity index (χ0) is 19.8. The first-order valence-electron chi connectivity index (χ1n) is 9.31. The van der Waals surface area contributed by atoms with Gasteiger partial charge in [-0.1, -0.05) is 60.7 Å². The number of carbonyl (C=O) groups is 2. The number of nitrogens with one attached hydrogen (secondary N) is 1. The summed E-state index contributed by atoms with van der Waals surface area (Å²) in [6.07, 6.45) is 1.67. The highest BCUT2D eigenvalue weighted by atomic mass is 32.2. The molecule has 0 spiro atoms. The van der Waals surface area contributed by atoms with Crippen LogP contribution in [0, 0.1) is 0 Å². The molecule has 2 N–H and O–H groups in total. The van der Waals surface area contributed by atoms with E-state index in [-0.39, 0.29) is 12.3 Å². The van der Waals surface area contributed by atoms with E-state index >= 15 is 0 Å². The van der Waals surface area contributed by atoms with Crippen LogP contribution in [0.2, 0.25) is 0 Å². The maximum Gasteiger partial charge on any atom is 0.317 e. The summed E-state index contributed by atoms with van der Waals surface area (Å²) in [5.74, 6) is -1.20. The summed E-state index contributed by atoms with van der Waals surface area (Å²) in [6.45, 7) is 0.542. The lowest BCUT2D eigenvalue weighted by Crippen LogP contribution is -2.30. The molecule has 0 heterocycles. The predicted octanol–water partition coefficient (Wildman–Crippen LogP) is 4.52. The maximum atomic E-state index is 12.2. The van der Waals surface area contributed by atoms with E-state index in [0.29, 0.717) is 6.54 Å². The molecule has 5 heteroatoms. The number of aliphatic carboxylic acids is 1. The van der Waals surface area contributed by atoms with Crippen molar-refractivity contribution in [2.45, 2.75) is 29.4 Å². The third-order valence-electron chi connectivity index (χ3n) is 4.45. The van der Waals surface area contributed by atoms with Crippen molar-refractivity contribution in [2.24, 2.45) is 0 Å². The number of carboxylic acids is 1. The van der Waals surface area contributed by atoms with Gasteiger partial charge in [-0.25, -0.2) is 0 Å². The summed E-state index contributed by atoms with van der Waals surface area (Å²) >= 11 is 1.22. The largest absolute Gasteiger partial charge is 0.480 e. The summed E-state index contributed by atoms with van der Waals surface area (Å²) in [5.41, 5.74) is 1.23. The van der Waals surface area contributed by atoms with Gasteiger partial charge in [0.05, 0.1) is 0 Å². The van der Waals surface area contributed by atoms with E-state index < -0.39 is 11.2 Å². The third kappa shape index (κ3) is 5.86. The molecule has 0 aliphatic rings. The quantitative estimate of drug-likeness (QED) is 0.414. The average Bonchev–Trinajstić information content (AvgIpc) is 2.71. The highest BCUT2D eigenvalue weighted by Crippen LogP contribution is 2.28. The van der Waals surface area contributed by atoms with Gasteiger partial charge < -0.3 is 10.4 Å². The topological polar surface area (TPSA) is 66.4 Å². The number of rotatable bonds is 9. The van der Waals surface area contributed by atoms with Gasteiger partial charge in [-0.3, -0.25) is 9.59 Å². The molecule has 0 unspecified atom stereocenters. The van der Waals surface area contributed by atoms with Crippen molar-refractivity contribution in [1.82, 2.24) is 5.32 Å². The molecule has 3 rings (SSSR count). The molecule has 0 saturated carbocycles. The van der Waals surface area contributed by atoms with Crippen LogP contribution < -0.4 is 5.32 Å². The Labute approximate surface area is 169 Å². The molecule has 3 aromatic carbocycles. The number of hydrogen-bond donors (Lipinski definition) is 2. The zero-order valence-electron chi connectivity index (χ0n) is 15.5. The first-order chi connectivity index (χ1) is 13.6. The minimum Gasteiger partial charge on any atom is -0.480 e. The van der Waals surface area contributed by atoms with Crippen molar-refractivity contribution in [2.75, 3.05) is 6.54 Å². The van der Waals surface area contributed by atoms with Crippen molar-refractivity contribution in [3.8, 4) is 0 Å². The van der Waals surface area contributed by atoms with E-state index in [9.17, 15) is 14.7 Å². The van der Waals surface area contributed by atoms with E-state index in [1.807, 2.05) is 60.7 Å². The van der Waals surface area contributed by atoms with Crippen LogP contribution in [0.25, 0.3) is 10.8 Å². The first kappa shape index (κ1) is 20.0. The summed E-state index contributed by atoms with van der Waals surface area (Å²) < 4.78 is 0. The lowest BCUT2D eigenvalue weighted by Gasteiger charge is -2.13. The van der Waals surface area contributed by atoms with Crippen LogP contribution in [0.5, 0.6) is 0 Å². The van der Waals surface area contributed by atoms with Crippen molar-refractivity contribution >= 4 is 34.4 Å². The molecule has 28 heavy (non-hydrogen) atoms. The van der Waals surface area contributed by atoms with Gasteiger partial charge in [-0.15, -0.1) is 11.8 Å². The van der Waals surface area contributed by atoms with Gasteiger partial charge >= 0.3 is 5.97 Å². The number of amides is 1. The van der Waals surface area contributed by atoms with E-state index in [0.717, 1.165) is 28.5 Å². The summed E-state index contributed by atoms with van der Waals surface area (Å²) in [4.78, 5) is 24.7. The lowest BCUT2D eigenvalue weighted by atomic mass is 10.1. The smallest absolute Gasteiger partial charge is 0.317 e. The van der Waals surface area contributed by atoms with Crippen LogP contribution in [0.4, 0.5) is 0 Å². The number of hydrogen-bond acceptors (Lipinski definition) is 3. The van der Waals surface area contributed by atoms with Gasteiger partial charge in [0.2, 0.25) is 5.91 Å². The molecule has 3 aromatic rings. The molecular weight excluding hydrogens is 370 g/mol. The highest BCUT2D eigenvalue weighted by Gasteiger charge is 2.22. The second-order valence-corrected chi connectivity index (χ2v) is 7.87. The number of fused-ring (bicyclic) bond motifs is 1. The normalized spacial score (nSPS) is 11.9. The fraction of sp³-hybridized carbons (Fsp3) is 0.217. The second-order valence-electron chi connectivity index (χ2n) is 6.60. The Morgan fingerprint density at radius 1 is 0.929 bits per heavy atom. The summed E-state index contributed by atoms with van der Waals surface area (Å²) in [6, 6.07) is 23.9. The molecule has 0 bridgehead atoms. The van der Waals surface area contributed by atoms with Gasteiger partial charge in [0.15, 0.2) is 0 Å². The molecule has 1 atom stereocenters. The molecule has 1 amide bonds. The lowest BCUT2D eigenvalue weighted by molar-refractivity contribution is -0.138. The number of thioether (sulfide) groups is 1. The Hall–Kier alpha value is -2.79. The number of benzene rings is 3. The predicted molar refractivity (Wildman–Crippen MR) is 114 cm³/mol. The van der Waals surface area contributed by atoms with Crippen molar-refractivity contribution < 1.29 is 14.7 Å². The molecule has 0 aliphatic heterocycles. The number of aryl methyl sites for hydroxylation is 1. The van der Waals surface area contributed by atoms with Gasteiger partial charge in [0.25, 0.3) is 0 Å². The average molecular weight is 394 g/mol. The minimum atomic E-state index is -0.974. The Bertz CT molecular complexity index is 943. The van der Waals surface area contributed by atoms with Crippen molar-refractivity contribution in [1.29, 1.82) is 0 Å². The number of carbonyl (C=O) groups excluding carboxylic acids is 1. The molecule has 0 fully saturated rings. The molecule has 0 aromatic heterocycles. The monoisotopic (exact) mass is 393 g/mol. The fourth-order valence-corrected chi connectivity index (χ4v) is 4.00. The van der Waals surface area contributed by atoms with Gasteiger partial charge in [-0.05, 0) is 41.3 Å². The minimum absolute atomic E-state index is 0.0435. The van der Waals surface area contributed by atoms with Crippen LogP contribution in [0.15, 0.2) is 77.7 Å². The first-order valence-corrected chi connectivity index (χ1v) is 10.2. The maximum absolute atomic E-state index is 12.2. The third-order valence-corrected chi connectivity index (χ3v) is 5.63. The Morgan fingerprint density at radius 3 is 2.39 bits per heavy atom. The van der Waals surface area contributed by atoms with Gasteiger partial charge in [0, 0.05) is 17.9 Å². The molecule has 0 radical (unpaired) electrons. The van der Waals surface area contributed by atoms with Crippen molar-refractivity contribution in [3.63, 3.8) is 0 Å². The van der Waals surface area contributed by atoms with Gasteiger partial charge in [-0.2, -0.15) is 0 Å². The van der Waals surface area contributed by atoms with Crippen molar-refractivity contribution in [3.05, 3.63) is 78.4 Å².